The van der Waals surface area contributed by atoms with Gasteiger partial charge in [0.15, 0.2) is 0 Å². The summed E-state index contributed by atoms with van der Waals surface area (Å²) in [6.45, 7) is 0.0768. The van der Waals surface area contributed by atoms with Crippen LogP contribution in [-0.2, 0) is 43.8 Å². The van der Waals surface area contributed by atoms with E-state index in [0.29, 0.717) is 48.7 Å². The van der Waals surface area contributed by atoms with Crippen LogP contribution in [0.2, 0.25) is 5.02 Å². The van der Waals surface area contributed by atoms with Crippen LogP contribution >= 0.6 is 11.6 Å². The average molecular weight is 606 g/mol. The van der Waals surface area contributed by atoms with E-state index in [1.165, 1.54) is 30.1 Å². The SMILES string of the molecule is CN(C1CCCc2c1cnn2CCC(=O)O)S(=O)(=O)c1cc(C(F)(F)F)cc(S(=O)(=O)c2ccc(Cl)cc2)c1. The molecule has 9 nitrogen and oxygen atoms in total. The molecule has 1 heterocycles. The first-order valence-corrected chi connectivity index (χ1v) is 14.9. The third-order valence-corrected chi connectivity index (χ3v) is 10.4. The normalized spacial score (nSPS) is 16.3. The lowest BCUT2D eigenvalue weighted by atomic mass is 9.93. The van der Waals surface area contributed by atoms with E-state index in [4.69, 9.17) is 16.7 Å². The molecule has 0 saturated carbocycles. The number of sulfonamides is 1. The summed E-state index contributed by atoms with van der Waals surface area (Å²) in [6, 6.07) is 5.46. The van der Waals surface area contributed by atoms with Crippen molar-refractivity contribution >= 4 is 37.4 Å². The van der Waals surface area contributed by atoms with Gasteiger partial charge in [0.1, 0.15) is 0 Å². The monoisotopic (exact) mass is 605 g/mol. The summed E-state index contributed by atoms with van der Waals surface area (Å²) in [5.74, 6) is -1.03. The third kappa shape index (κ3) is 5.83. The number of hydrogen-bond donors (Lipinski definition) is 1. The van der Waals surface area contributed by atoms with E-state index in [9.17, 15) is 34.8 Å². The first-order valence-electron chi connectivity index (χ1n) is 11.6. The maximum absolute atomic E-state index is 13.8. The number of rotatable bonds is 8. The number of aliphatic carboxylic acids is 1. The van der Waals surface area contributed by atoms with Gasteiger partial charge in [-0.2, -0.15) is 22.6 Å². The topological polar surface area (TPSA) is 127 Å². The summed E-state index contributed by atoms with van der Waals surface area (Å²) in [4.78, 5) is 8.94. The van der Waals surface area contributed by atoms with E-state index in [0.717, 1.165) is 16.4 Å². The molecule has 15 heteroatoms. The number of halogens is 4. The summed E-state index contributed by atoms with van der Waals surface area (Å²) < 4.78 is 97.4. The Morgan fingerprint density at radius 3 is 2.36 bits per heavy atom. The molecule has 0 saturated heterocycles. The number of aromatic nitrogens is 2. The van der Waals surface area contributed by atoms with Crippen LogP contribution in [0.25, 0.3) is 0 Å². The molecule has 4 rings (SSSR count). The van der Waals surface area contributed by atoms with Gasteiger partial charge in [0, 0.05) is 23.3 Å². The molecule has 210 valence electrons. The number of carboxylic acid groups (broad SMARTS) is 1. The van der Waals surface area contributed by atoms with Crippen LogP contribution < -0.4 is 0 Å². The summed E-state index contributed by atoms with van der Waals surface area (Å²) in [5, 5.41) is 13.4. The van der Waals surface area contributed by atoms with Gasteiger partial charge in [0.05, 0.1) is 45.5 Å². The number of sulfone groups is 1. The Hall–Kier alpha value is -2.94. The van der Waals surface area contributed by atoms with Gasteiger partial charge in [0.25, 0.3) is 0 Å². The maximum atomic E-state index is 13.8. The number of alkyl halides is 3. The zero-order valence-corrected chi connectivity index (χ0v) is 22.8. The van der Waals surface area contributed by atoms with Gasteiger partial charge < -0.3 is 5.11 Å². The van der Waals surface area contributed by atoms with E-state index in [2.05, 4.69) is 5.10 Å². The first kappa shape index (κ1) is 29.1. The lowest BCUT2D eigenvalue weighted by Gasteiger charge is -2.31. The number of hydrogen-bond acceptors (Lipinski definition) is 6. The molecule has 1 aromatic heterocycles. The lowest BCUT2D eigenvalue weighted by molar-refractivity contribution is -0.138. The van der Waals surface area contributed by atoms with E-state index >= 15 is 0 Å². The van der Waals surface area contributed by atoms with Gasteiger partial charge in [-0.05, 0) is 61.7 Å². The van der Waals surface area contributed by atoms with Crippen molar-refractivity contribution in [1.82, 2.24) is 14.1 Å². The van der Waals surface area contributed by atoms with Crippen molar-refractivity contribution in [2.24, 2.45) is 0 Å². The van der Waals surface area contributed by atoms with E-state index < -0.39 is 53.4 Å². The Morgan fingerprint density at radius 1 is 1.10 bits per heavy atom. The van der Waals surface area contributed by atoms with E-state index in [-0.39, 0.29) is 22.9 Å². The molecular weight excluding hydrogens is 583 g/mol. The minimum Gasteiger partial charge on any atom is -0.481 e. The fourth-order valence-electron chi connectivity index (χ4n) is 4.49. The Labute approximate surface area is 227 Å². The van der Waals surface area contributed by atoms with Crippen LogP contribution in [0.1, 0.15) is 42.1 Å². The van der Waals surface area contributed by atoms with Crippen molar-refractivity contribution in [3.05, 3.63) is 70.5 Å². The molecule has 0 amide bonds. The van der Waals surface area contributed by atoms with Gasteiger partial charge in [-0.3, -0.25) is 9.48 Å². The van der Waals surface area contributed by atoms with Crippen LogP contribution in [0.4, 0.5) is 13.2 Å². The number of carbonyl (C=O) groups is 1. The summed E-state index contributed by atoms with van der Waals surface area (Å²) in [6.07, 6.45) is -2.42. The summed E-state index contributed by atoms with van der Waals surface area (Å²) in [5.41, 5.74) is -0.279. The molecule has 0 radical (unpaired) electrons. The zero-order valence-electron chi connectivity index (χ0n) is 20.4. The minimum absolute atomic E-state index is 0.0768. The Morgan fingerprint density at radius 2 is 1.74 bits per heavy atom. The molecular formula is C24H23ClF3N3O6S2. The second kappa shape index (κ2) is 10.6. The number of fused-ring (bicyclic) bond motifs is 1. The smallest absolute Gasteiger partial charge is 0.416 e. The number of aryl methyl sites for hydroxylation is 1. The molecule has 2 aromatic carbocycles. The van der Waals surface area contributed by atoms with Crippen molar-refractivity contribution in [2.75, 3.05) is 7.05 Å². The van der Waals surface area contributed by atoms with Gasteiger partial charge >= 0.3 is 12.1 Å². The molecule has 0 bridgehead atoms. The zero-order chi connectivity index (χ0) is 28.8. The standard InChI is InChI=1S/C24H23ClF3N3O6S2/c1-30(21-3-2-4-22-20(21)14-29-31(22)10-9-23(32)33)39(36,37)19-12-15(24(26,27)28)11-18(13-19)38(34,35)17-7-5-16(25)6-8-17/h5-8,11-14,21H,2-4,9-10H2,1H3,(H,32,33). The highest BCUT2D eigenvalue weighted by Gasteiger charge is 2.38. The average Bonchev–Trinajstić information content (AvgIpc) is 3.29. The number of benzene rings is 2. The highest BCUT2D eigenvalue weighted by molar-refractivity contribution is 7.91. The number of carboxylic acids is 1. The molecule has 1 N–H and O–H groups in total. The molecule has 1 aliphatic rings. The molecule has 1 aliphatic carbocycles. The van der Waals surface area contributed by atoms with Crippen molar-refractivity contribution in [3.63, 3.8) is 0 Å². The van der Waals surface area contributed by atoms with Gasteiger partial charge in [-0.1, -0.05) is 11.6 Å². The highest BCUT2D eigenvalue weighted by atomic mass is 35.5. The van der Waals surface area contributed by atoms with Crippen molar-refractivity contribution < 1.29 is 39.9 Å². The Balaban J connectivity index is 1.78. The third-order valence-electron chi connectivity index (χ3n) is 6.53. The largest absolute Gasteiger partial charge is 0.481 e. The second-order valence-corrected chi connectivity index (χ2v) is 13.4. The van der Waals surface area contributed by atoms with Gasteiger partial charge in [0.2, 0.25) is 19.9 Å². The van der Waals surface area contributed by atoms with Crippen LogP contribution in [0.5, 0.6) is 0 Å². The van der Waals surface area contributed by atoms with Crippen LogP contribution in [-0.4, -0.2) is 49.0 Å². The van der Waals surface area contributed by atoms with Gasteiger partial charge in [-0.15, -0.1) is 0 Å². The highest BCUT2D eigenvalue weighted by Crippen LogP contribution is 2.39. The summed E-state index contributed by atoms with van der Waals surface area (Å²) >= 11 is 5.79. The lowest BCUT2D eigenvalue weighted by Crippen LogP contribution is -2.33. The van der Waals surface area contributed by atoms with Crippen molar-refractivity contribution in [1.29, 1.82) is 0 Å². The quantitative estimate of drug-likeness (QED) is 0.399. The molecule has 0 fully saturated rings. The molecule has 1 unspecified atom stereocenters. The van der Waals surface area contributed by atoms with Crippen LogP contribution in [0.3, 0.4) is 0 Å². The molecule has 39 heavy (non-hydrogen) atoms. The second-order valence-electron chi connectivity index (χ2n) is 8.99. The van der Waals surface area contributed by atoms with E-state index in [1.807, 2.05) is 0 Å². The Kier molecular flexibility index (Phi) is 7.87. The Bertz CT molecular complexity index is 1620. The van der Waals surface area contributed by atoms with E-state index in [1.54, 1.807) is 0 Å². The van der Waals surface area contributed by atoms with Gasteiger partial charge in [-0.25, -0.2) is 16.8 Å². The number of nitrogens with zero attached hydrogens (tertiary/aromatic N) is 3. The predicted octanol–water partition coefficient (Wildman–Crippen LogP) is 4.56. The summed E-state index contributed by atoms with van der Waals surface area (Å²) in [7, 11) is -7.96. The van der Waals surface area contributed by atoms with Crippen molar-refractivity contribution in [3.8, 4) is 0 Å². The predicted molar refractivity (Wildman–Crippen MR) is 133 cm³/mol. The fourth-order valence-corrected chi connectivity index (χ4v) is 7.46. The van der Waals surface area contributed by atoms with Crippen LogP contribution in [0.15, 0.2) is 63.3 Å². The first-order chi connectivity index (χ1) is 18.1. The molecule has 3 aromatic rings. The minimum atomic E-state index is -5.03. The van der Waals surface area contributed by atoms with Crippen LogP contribution in [0, 0.1) is 0 Å². The molecule has 0 aliphatic heterocycles. The molecule has 0 spiro atoms. The fraction of sp³-hybridized carbons (Fsp3) is 0.333. The van der Waals surface area contributed by atoms with Crippen molar-refractivity contribution in [2.45, 2.75) is 59.1 Å². The maximum Gasteiger partial charge on any atom is 0.416 e. The molecule has 1 atom stereocenters.